The van der Waals surface area contributed by atoms with Crippen molar-refractivity contribution in [3.05, 3.63) is 46.1 Å². The molecule has 0 N–H and O–H groups in total. The van der Waals surface area contributed by atoms with Crippen molar-refractivity contribution in [2.24, 2.45) is 0 Å². The second kappa shape index (κ2) is 4.25. The summed E-state index contributed by atoms with van der Waals surface area (Å²) in [5.74, 6) is 0.0299. The minimum absolute atomic E-state index is 0.0299. The van der Waals surface area contributed by atoms with Gasteiger partial charge in [0.2, 0.25) is 0 Å². The van der Waals surface area contributed by atoms with Gasteiger partial charge in [-0.2, -0.15) is 0 Å². The Bertz CT molecular complexity index is 427. The molecule has 0 bridgehead atoms. The van der Waals surface area contributed by atoms with Gasteiger partial charge in [0, 0.05) is 21.7 Å². The summed E-state index contributed by atoms with van der Waals surface area (Å²) in [5, 5.41) is 1.15. The average molecular weight is 243 g/mol. The van der Waals surface area contributed by atoms with Gasteiger partial charge in [-0.3, -0.25) is 4.79 Å². The first-order valence-electron chi connectivity index (χ1n) is 4.46. The third kappa shape index (κ3) is 2.33. The lowest BCUT2D eigenvalue weighted by Gasteiger charge is -2.20. The number of carbonyl (C=O) groups is 1. The average Bonchev–Trinajstić information content (AvgIpc) is 2.22. The zero-order valence-electron chi connectivity index (χ0n) is 7.74. The summed E-state index contributed by atoms with van der Waals surface area (Å²) in [6.45, 7) is 0. The Kier molecular flexibility index (Phi) is 2.98. The maximum atomic E-state index is 11.2. The minimum Gasteiger partial charge on any atom is -0.493 e. The molecule has 0 amide bonds. The van der Waals surface area contributed by atoms with E-state index >= 15 is 0 Å². The molecule has 2 rings (SSSR count). The predicted molar refractivity (Wildman–Crippen MR) is 59.1 cm³/mol. The highest BCUT2D eigenvalue weighted by Gasteiger charge is 2.21. The summed E-state index contributed by atoms with van der Waals surface area (Å²) in [6, 6.07) is 5.13. The number of halogens is 2. The largest absolute Gasteiger partial charge is 0.493 e. The molecular formula is C11H8Cl2O2. The molecule has 1 heterocycles. The Morgan fingerprint density at radius 1 is 1.33 bits per heavy atom. The molecule has 4 heteroatoms. The molecular weight excluding hydrogens is 235 g/mol. The van der Waals surface area contributed by atoms with E-state index in [0.717, 1.165) is 5.56 Å². The zero-order chi connectivity index (χ0) is 10.8. The van der Waals surface area contributed by atoms with Crippen molar-refractivity contribution < 1.29 is 9.53 Å². The van der Waals surface area contributed by atoms with Gasteiger partial charge in [-0.15, -0.1) is 0 Å². The predicted octanol–water partition coefficient (Wildman–Crippen LogP) is 3.54. The van der Waals surface area contributed by atoms with E-state index in [-0.39, 0.29) is 11.9 Å². The fourth-order valence-electron chi connectivity index (χ4n) is 1.45. The van der Waals surface area contributed by atoms with Crippen LogP contribution in [0.3, 0.4) is 0 Å². The van der Waals surface area contributed by atoms with Crippen molar-refractivity contribution >= 4 is 29.0 Å². The van der Waals surface area contributed by atoms with Crippen molar-refractivity contribution in [2.45, 2.75) is 12.5 Å². The van der Waals surface area contributed by atoms with Gasteiger partial charge in [0.1, 0.15) is 6.10 Å². The molecule has 0 saturated heterocycles. The summed E-state index contributed by atoms with van der Waals surface area (Å²) in [7, 11) is 0. The van der Waals surface area contributed by atoms with Gasteiger partial charge in [0.15, 0.2) is 5.78 Å². The molecule has 15 heavy (non-hydrogen) atoms. The van der Waals surface area contributed by atoms with Crippen molar-refractivity contribution in [2.75, 3.05) is 0 Å². The number of rotatable bonds is 1. The van der Waals surface area contributed by atoms with Crippen molar-refractivity contribution in [3.63, 3.8) is 0 Å². The van der Waals surface area contributed by atoms with Crippen LogP contribution in [0.5, 0.6) is 0 Å². The Morgan fingerprint density at radius 3 is 2.87 bits per heavy atom. The van der Waals surface area contributed by atoms with E-state index in [4.69, 9.17) is 27.9 Å². The van der Waals surface area contributed by atoms with E-state index < -0.39 is 0 Å². The Morgan fingerprint density at radius 2 is 2.13 bits per heavy atom. The fourth-order valence-corrected chi connectivity index (χ4v) is 1.87. The van der Waals surface area contributed by atoms with Gasteiger partial charge in [-0.25, -0.2) is 0 Å². The summed E-state index contributed by atoms with van der Waals surface area (Å²) in [6.07, 6.45) is 2.79. The molecule has 0 saturated carbocycles. The summed E-state index contributed by atoms with van der Waals surface area (Å²) >= 11 is 11.9. The first-order chi connectivity index (χ1) is 7.16. The van der Waals surface area contributed by atoms with Gasteiger partial charge in [0.05, 0.1) is 12.7 Å². The smallest absolute Gasteiger partial charge is 0.162 e. The highest BCUT2D eigenvalue weighted by molar-refractivity contribution is 6.33. The van der Waals surface area contributed by atoms with Crippen LogP contribution in [0.2, 0.25) is 10.0 Å². The Balaban J connectivity index is 2.33. The van der Waals surface area contributed by atoms with Gasteiger partial charge in [-0.1, -0.05) is 23.2 Å². The molecule has 1 aromatic carbocycles. The minimum atomic E-state index is -0.325. The molecule has 1 aromatic rings. The number of hydrogen-bond donors (Lipinski definition) is 0. The van der Waals surface area contributed by atoms with Gasteiger partial charge >= 0.3 is 0 Å². The van der Waals surface area contributed by atoms with Crippen LogP contribution in [0.1, 0.15) is 18.1 Å². The van der Waals surface area contributed by atoms with Crippen LogP contribution in [-0.4, -0.2) is 5.78 Å². The van der Waals surface area contributed by atoms with Gasteiger partial charge < -0.3 is 4.74 Å². The Hall–Kier alpha value is -0.990. The molecule has 0 spiro atoms. The first kappa shape index (κ1) is 10.5. The Labute approximate surface area is 97.4 Å². The summed E-state index contributed by atoms with van der Waals surface area (Å²) in [5.41, 5.74) is 0.752. The molecule has 1 unspecified atom stereocenters. The van der Waals surface area contributed by atoms with Crippen LogP contribution in [0.25, 0.3) is 0 Å². The molecule has 0 radical (unpaired) electrons. The summed E-state index contributed by atoms with van der Waals surface area (Å²) in [4.78, 5) is 11.2. The molecule has 1 aliphatic rings. The van der Waals surface area contributed by atoms with E-state index in [1.54, 1.807) is 18.2 Å². The van der Waals surface area contributed by atoms with Crippen LogP contribution in [-0.2, 0) is 9.53 Å². The third-order valence-electron chi connectivity index (χ3n) is 2.19. The van der Waals surface area contributed by atoms with Crippen LogP contribution in [0.15, 0.2) is 30.5 Å². The van der Waals surface area contributed by atoms with E-state index in [1.165, 1.54) is 12.3 Å². The molecule has 1 aliphatic heterocycles. The number of hydrogen-bond acceptors (Lipinski definition) is 2. The van der Waals surface area contributed by atoms with Crippen molar-refractivity contribution in [1.82, 2.24) is 0 Å². The lowest BCUT2D eigenvalue weighted by Crippen LogP contribution is -2.11. The van der Waals surface area contributed by atoms with Gasteiger partial charge in [-0.05, 0) is 18.2 Å². The highest BCUT2D eigenvalue weighted by Crippen LogP contribution is 2.32. The quantitative estimate of drug-likeness (QED) is 0.754. The molecule has 2 nitrogen and oxygen atoms in total. The zero-order valence-corrected chi connectivity index (χ0v) is 9.26. The maximum absolute atomic E-state index is 11.2. The fraction of sp³-hybridized carbons (Fsp3) is 0.182. The first-order valence-corrected chi connectivity index (χ1v) is 5.22. The third-order valence-corrected chi connectivity index (χ3v) is 2.77. The number of allylic oxidation sites excluding steroid dienone is 1. The van der Waals surface area contributed by atoms with Crippen LogP contribution in [0, 0.1) is 0 Å². The maximum Gasteiger partial charge on any atom is 0.162 e. The van der Waals surface area contributed by atoms with Crippen LogP contribution < -0.4 is 0 Å². The number of benzene rings is 1. The number of ketones is 1. The normalized spacial score (nSPS) is 20.1. The summed E-state index contributed by atoms with van der Waals surface area (Å²) < 4.78 is 5.33. The monoisotopic (exact) mass is 242 g/mol. The molecule has 0 fully saturated rings. The number of carbonyl (C=O) groups excluding carboxylic acids is 1. The topological polar surface area (TPSA) is 26.3 Å². The van der Waals surface area contributed by atoms with E-state index in [1.807, 2.05) is 0 Å². The SMILES string of the molecule is O=C1C=COC(c2cc(Cl)ccc2Cl)C1. The van der Waals surface area contributed by atoms with Gasteiger partial charge in [0.25, 0.3) is 0 Å². The number of ether oxygens (including phenoxy) is 1. The van der Waals surface area contributed by atoms with Crippen LogP contribution >= 0.6 is 23.2 Å². The lowest BCUT2D eigenvalue weighted by atomic mass is 10.0. The van der Waals surface area contributed by atoms with Crippen molar-refractivity contribution in [3.8, 4) is 0 Å². The second-order valence-electron chi connectivity index (χ2n) is 3.26. The van der Waals surface area contributed by atoms with E-state index in [0.29, 0.717) is 16.5 Å². The van der Waals surface area contributed by atoms with Crippen LogP contribution in [0.4, 0.5) is 0 Å². The molecule has 0 aliphatic carbocycles. The van der Waals surface area contributed by atoms with E-state index in [9.17, 15) is 4.79 Å². The molecule has 0 aromatic heterocycles. The molecule has 78 valence electrons. The standard InChI is InChI=1S/C11H8Cl2O2/c12-7-1-2-10(13)9(5-7)11-6-8(14)3-4-15-11/h1-5,11H,6H2. The lowest BCUT2D eigenvalue weighted by molar-refractivity contribution is -0.118. The molecule has 1 atom stereocenters. The second-order valence-corrected chi connectivity index (χ2v) is 4.11. The van der Waals surface area contributed by atoms with Crippen molar-refractivity contribution in [1.29, 1.82) is 0 Å². The van der Waals surface area contributed by atoms with E-state index in [2.05, 4.69) is 0 Å². The highest BCUT2D eigenvalue weighted by atomic mass is 35.5.